The van der Waals surface area contributed by atoms with Gasteiger partial charge in [0.25, 0.3) is 0 Å². The maximum absolute atomic E-state index is 11.8. The van der Waals surface area contributed by atoms with Crippen molar-refractivity contribution in [2.75, 3.05) is 5.32 Å². The molecule has 1 amide bonds. The van der Waals surface area contributed by atoms with E-state index in [2.05, 4.69) is 10.3 Å². The number of anilines is 1. The number of carbonyl (C=O) groups is 1. The summed E-state index contributed by atoms with van der Waals surface area (Å²) in [6.07, 6.45) is 0.994. The number of nitrogens with one attached hydrogen (secondary N) is 1. The van der Waals surface area contributed by atoms with Gasteiger partial charge >= 0.3 is 11.8 Å². The Balaban J connectivity index is 2.03. The van der Waals surface area contributed by atoms with Gasteiger partial charge in [-0.2, -0.15) is 0 Å². The summed E-state index contributed by atoms with van der Waals surface area (Å²) < 4.78 is 5.21. The van der Waals surface area contributed by atoms with Gasteiger partial charge < -0.3 is 4.74 Å². The third-order valence-electron chi connectivity index (χ3n) is 2.90. The standard InChI is InChI=1S/C17H19N3O4S/c1-17(2,3)24-16(21)19-13-7-4-6-12(10-13)11-25-15-14(20(22)23)8-5-9-18-15/h4-10H,11H2,1-3H3,(H,19,21). The molecule has 2 aromatic rings. The van der Waals surface area contributed by atoms with Crippen LogP contribution in [0.15, 0.2) is 47.6 Å². The van der Waals surface area contributed by atoms with Gasteiger partial charge in [0, 0.05) is 23.7 Å². The highest BCUT2D eigenvalue weighted by Crippen LogP contribution is 2.29. The second-order valence-electron chi connectivity index (χ2n) is 6.20. The van der Waals surface area contributed by atoms with E-state index in [9.17, 15) is 14.9 Å². The molecule has 0 fully saturated rings. The number of aromatic nitrogens is 1. The van der Waals surface area contributed by atoms with Crippen LogP contribution in [0.1, 0.15) is 26.3 Å². The van der Waals surface area contributed by atoms with E-state index in [4.69, 9.17) is 4.74 Å². The largest absolute Gasteiger partial charge is 0.444 e. The van der Waals surface area contributed by atoms with Gasteiger partial charge in [0.1, 0.15) is 5.60 Å². The van der Waals surface area contributed by atoms with Crippen LogP contribution in [0.2, 0.25) is 0 Å². The molecule has 0 saturated carbocycles. The fourth-order valence-electron chi connectivity index (χ4n) is 1.94. The summed E-state index contributed by atoms with van der Waals surface area (Å²) in [5.41, 5.74) is 0.909. The molecule has 0 saturated heterocycles. The highest BCUT2D eigenvalue weighted by molar-refractivity contribution is 7.98. The van der Waals surface area contributed by atoms with Crippen LogP contribution in [0.4, 0.5) is 16.2 Å². The molecule has 2 rings (SSSR count). The topological polar surface area (TPSA) is 94.4 Å². The maximum atomic E-state index is 11.8. The molecule has 1 aromatic carbocycles. The number of hydrogen-bond acceptors (Lipinski definition) is 6. The molecular formula is C17H19N3O4S. The minimum atomic E-state index is -0.574. The van der Waals surface area contributed by atoms with E-state index in [1.807, 2.05) is 6.07 Å². The monoisotopic (exact) mass is 361 g/mol. The zero-order valence-corrected chi connectivity index (χ0v) is 15.0. The van der Waals surface area contributed by atoms with Crippen LogP contribution < -0.4 is 5.32 Å². The molecule has 25 heavy (non-hydrogen) atoms. The molecule has 0 radical (unpaired) electrons. The third kappa shape index (κ3) is 6.07. The molecule has 0 aliphatic carbocycles. The van der Waals surface area contributed by atoms with E-state index < -0.39 is 16.6 Å². The van der Waals surface area contributed by atoms with Crippen LogP contribution in [0.25, 0.3) is 0 Å². The van der Waals surface area contributed by atoms with Gasteiger partial charge in [-0.05, 0) is 44.5 Å². The molecule has 8 heteroatoms. The summed E-state index contributed by atoms with van der Waals surface area (Å²) in [6, 6.07) is 10.2. The van der Waals surface area contributed by atoms with Gasteiger partial charge in [-0.3, -0.25) is 15.4 Å². The molecule has 1 aromatic heterocycles. The summed E-state index contributed by atoms with van der Waals surface area (Å²) in [5.74, 6) is 0.488. The summed E-state index contributed by atoms with van der Waals surface area (Å²) in [6.45, 7) is 5.37. The lowest BCUT2D eigenvalue weighted by Crippen LogP contribution is -2.27. The van der Waals surface area contributed by atoms with E-state index >= 15 is 0 Å². The first-order valence-corrected chi connectivity index (χ1v) is 8.54. The minimum Gasteiger partial charge on any atom is -0.444 e. The summed E-state index contributed by atoms with van der Waals surface area (Å²) in [7, 11) is 0. The highest BCUT2D eigenvalue weighted by Gasteiger charge is 2.17. The predicted octanol–water partition coefficient (Wildman–Crippen LogP) is 4.63. The summed E-state index contributed by atoms with van der Waals surface area (Å²) >= 11 is 1.27. The van der Waals surface area contributed by atoms with Crippen molar-refractivity contribution in [1.29, 1.82) is 0 Å². The van der Waals surface area contributed by atoms with Crippen LogP contribution in [-0.2, 0) is 10.5 Å². The van der Waals surface area contributed by atoms with E-state index in [-0.39, 0.29) is 5.69 Å². The number of nitrogens with zero attached hydrogens (tertiary/aromatic N) is 2. The van der Waals surface area contributed by atoms with Gasteiger partial charge in [0.15, 0.2) is 5.03 Å². The van der Waals surface area contributed by atoms with Crippen molar-refractivity contribution >= 4 is 29.2 Å². The second kappa shape index (κ2) is 7.98. The van der Waals surface area contributed by atoms with Crippen LogP contribution in [-0.4, -0.2) is 21.6 Å². The quantitative estimate of drug-likeness (QED) is 0.474. The molecular weight excluding hydrogens is 342 g/mol. The Morgan fingerprint density at radius 1 is 1.32 bits per heavy atom. The predicted molar refractivity (Wildman–Crippen MR) is 96.8 cm³/mol. The average molecular weight is 361 g/mol. The first kappa shape index (κ1) is 18.7. The second-order valence-corrected chi connectivity index (χ2v) is 7.16. The van der Waals surface area contributed by atoms with Crippen molar-refractivity contribution in [3.05, 3.63) is 58.3 Å². The fraction of sp³-hybridized carbons (Fsp3) is 0.294. The Morgan fingerprint density at radius 3 is 2.76 bits per heavy atom. The van der Waals surface area contributed by atoms with Crippen LogP contribution in [0.5, 0.6) is 0 Å². The zero-order valence-electron chi connectivity index (χ0n) is 14.2. The van der Waals surface area contributed by atoms with Gasteiger partial charge in [0.05, 0.1) is 4.92 Å². The van der Waals surface area contributed by atoms with E-state index in [0.717, 1.165) is 5.56 Å². The Labute approximate surface area is 149 Å². The number of nitro groups is 1. The number of hydrogen-bond donors (Lipinski definition) is 1. The molecule has 0 aliphatic heterocycles. The van der Waals surface area contributed by atoms with Crippen molar-refractivity contribution in [3.63, 3.8) is 0 Å². The third-order valence-corrected chi connectivity index (χ3v) is 3.96. The number of amides is 1. The van der Waals surface area contributed by atoms with Crippen molar-refractivity contribution in [2.24, 2.45) is 0 Å². The van der Waals surface area contributed by atoms with Crippen molar-refractivity contribution < 1.29 is 14.5 Å². The Kier molecular flexibility index (Phi) is 5.97. The van der Waals surface area contributed by atoms with Gasteiger partial charge in [-0.15, -0.1) is 0 Å². The van der Waals surface area contributed by atoms with Crippen molar-refractivity contribution in [3.8, 4) is 0 Å². The van der Waals surface area contributed by atoms with Crippen molar-refractivity contribution in [2.45, 2.75) is 37.2 Å². The van der Waals surface area contributed by atoms with Gasteiger partial charge in [-0.25, -0.2) is 9.78 Å². The lowest BCUT2D eigenvalue weighted by molar-refractivity contribution is -0.388. The van der Waals surface area contributed by atoms with Crippen LogP contribution in [0, 0.1) is 10.1 Å². The molecule has 1 heterocycles. The molecule has 1 N–H and O–H groups in total. The lowest BCUT2D eigenvalue weighted by Gasteiger charge is -2.19. The Morgan fingerprint density at radius 2 is 2.08 bits per heavy atom. The molecule has 132 valence electrons. The van der Waals surface area contributed by atoms with Gasteiger partial charge in [0.2, 0.25) is 0 Å². The average Bonchev–Trinajstić information content (AvgIpc) is 2.51. The lowest BCUT2D eigenvalue weighted by atomic mass is 10.2. The normalized spacial score (nSPS) is 11.0. The molecule has 7 nitrogen and oxygen atoms in total. The van der Waals surface area contributed by atoms with E-state index in [1.165, 1.54) is 30.1 Å². The highest BCUT2D eigenvalue weighted by atomic mass is 32.2. The van der Waals surface area contributed by atoms with E-state index in [1.54, 1.807) is 39.0 Å². The summed E-state index contributed by atoms with van der Waals surface area (Å²) in [4.78, 5) is 26.4. The van der Waals surface area contributed by atoms with E-state index in [0.29, 0.717) is 16.5 Å². The molecule has 0 atom stereocenters. The first-order chi connectivity index (χ1) is 11.7. The first-order valence-electron chi connectivity index (χ1n) is 7.56. The SMILES string of the molecule is CC(C)(C)OC(=O)Nc1cccc(CSc2ncccc2[N+](=O)[O-])c1. The number of ether oxygens (including phenoxy) is 1. The van der Waals surface area contributed by atoms with Crippen LogP contribution in [0.3, 0.4) is 0 Å². The minimum absolute atomic E-state index is 0.0180. The number of carbonyl (C=O) groups excluding carboxylic acids is 1. The Bertz CT molecular complexity index is 774. The van der Waals surface area contributed by atoms with Gasteiger partial charge in [-0.1, -0.05) is 23.9 Å². The molecule has 0 aliphatic rings. The molecule has 0 unspecified atom stereocenters. The van der Waals surface area contributed by atoms with Crippen molar-refractivity contribution in [1.82, 2.24) is 4.98 Å². The number of thioether (sulfide) groups is 1. The summed E-state index contributed by atoms with van der Waals surface area (Å²) in [5, 5.41) is 14.0. The Hall–Kier alpha value is -2.61. The number of benzene rings is 1. The molecule has 0 bridgehead atoms. The zero-order chi connectivity index (χ0) is 18.4. The van der Waals surface area contributed by atoms with Crippen LogP contribution >= 0.6 is 11.8 Å². The number of rotatable bonds is 5. The maximum Gasteiger partial charge on any atom is 0.412 e. The molecule has 0 spiro atoms. The number of pyridine rings is 1. The fourth-order valence-corrected chi connectivity index (χ4v) is 2.85. The smallest absolute Gasteiger partial charge is 0.412 e.